The number of carbonyl (C=O) groups is 2. The Morgan fingerprint density at radius 1 is 1.35 bits per heavy atom. The maximum absolute atomic E-state index is 11.7. The smallest absolute Gasteiger partial charge is 0.408 e. The molecule has 0 spiro atoms. The molecule has 0 saturated carbocycles. The second kappa shape index (κ2) is 7.65. The Hall–Kier alpha value is -1.88. The fraction of sp³-hybridized carbons (Fsp3) is 0.467. The van der Waals surface area contributed by atoms with Crippen LogP contribution in [0, 0.1) is 5.92 Å². The van der Waals surface area contributed by atoms with Gasteiger partial charge in [-0.25, -0.2) is 4.79 Å². The number of benzene rings is 1. The van der Waals surface area contributed by atoms with Crippen LogP contribution in [0.25, 0.3) is 0 Å². The number of carbonyl (C=O) groups excluding carboxylic acids is 2. The summed E-state index contributed by atoms with van der Waals surface area (Å²) in [5.74, 6) is 0.130. The summed E-state index contributed by atoms with van der Waals surface area (Å²) in [5, 5.41) is 2.62. The van der Waals surface area contributed by atoms with E-state index >= 15 is 0 Å². The van der Waals surface area contributed by atoms with Gasteiger partial charge in [0.15, 0.2) is 0 Å². The quantitative estimate of drug-likeness (QED) is 0.835. The zero-order chi connectivity index (χ0) is 14.2. The molecule has 1 aliphatic rings. The van der Waals surface area contributed by atoms with Crippen molar-refractivity contribution >= 4 is 12.4 Å². The van der Waals surface area contributed by atoms with Crippen LogP contribution in [0.1, 0.15) is 18.4 Å². The van der Waals surface area contributed by atoms with Gasteiger partial charge in [0.05, 0.1) is 6.04 Å². The highest BCUT2D eigenvalue weighted by Crippen LogP contribution is 2.17. The number of alkyl carbamates (subject to hydrolysis) is 1. The molecule has 0 radical (unpaired) electrons. The van der Waals surface area contributed by atoms with Crippen molar-refractivity contribution in [3.63, 3.8) is 0 Å². The van der Waals surface area contributed by atoms with Gasteiger partial charge in [0.25, 0.3) is 0 Å². The number of hydrogen-bond acceptors (Lipinski definition) is 4. The standard InChI is InChI=1S/C15H19NO4/c17-10-14(13-6-8-19-9-7-13)16-15(18)20-11-12-4-2-1-3-5-12/h1-5,10,13-14H,6-9,11H2,(H,16,18)/t14-/m1/s1. The minimum absolute atomic E-state index is 0.130. The molecule has 1 atom stereocenters. The summed E-state index contributed by atoms with van der Waals surface area (Å²) >= 11 is 0. The monoisotopic (exact) mass is 277 g/mol. The number of nitrogens with one attached hydrogen (secondary N) is 1. The summed E-state index contributed by atoms with van der Waals surface area (Å²) in [6, 6.07) is 8.92. The van der Waals surface area contributed by atoms with Gasteiger partial charge in [0.1, 0.15) is 12.9 Å². The molecule has 1 N–H and O–H groups in total. The van der Waals surface area contributed by atoms with Crippen LogP contribution in [0.3, 0.4) is 0 Å². The lowest BCUT2D eigenvalue weighted by molar-refractivity contribution is -0.111. The fourth-order valence-electron chi connectivity index (χ4n) is 2.24. The van der Waals surface area contributed by atoms with E-state index in [1.165, 1.54) is 0 Å². The SMILES string of the molecule is O=C[C@@H](NC(=O)OCc1ccccc1)C1CCOCC1. The molecular formula is C15H19NO4. The number of rotatable bonds is 5. The first kappa shape index (κ1) is 14.5. The van der Waals surface area contributed by atoms with Crippen LogP contribution < -0.4 is 5.32 Å². The van der Waals surface area contributed by atoms with Crippen molar-refractivity contribution in [3.05, 3.63) is 35.9 Å². The molecule has 1 heterocycles. The third-order valence-corrected chi connectivity index (χ3v) is 3.42. The summed E-state index contributed by atoms with van der Waals surface area (Å²) in [6.45, 7) is 1.47. The molecular weight excluding hydrogens is 258 g/mol. The second-order valence-corrected chi connectivity index (χ2v) is 4.82. The van der Waals surface area contributed by atoms with Crippen LogP contribution >= 0.6 is 0 Å². The van der Waals surface area contributed by atoms with Crippen molar-refractivity contribution in [1.29, 1.82) is 0 Å². The number of amides is 1. The van der Waals surface area contributed by atoms with E-state index in [9.17, 15) is 9.59 Å². The van der Waals surface area contributed by atoms with Crippen molar-refractivity contribution in [1.82, 2.24) is 5.32 Å². The summed E-state index contributed by atoms with van der Waals surface area (Å²) < 4.78 is 10.4. The zero-order valence-electron chi connectivity index (χ0n) is 11.3. The first-order valence-electron chi connectivity index (χ1n) is 6.80. The van der Waals surface area contributed by atoms with E-state index in [0.29, 0.717) is 13.2 Å². The molecule has 108 valence electrons. The highest BCUT2D eigenvalue weighted by Gasteiger charge is 2.25. The molecule has 0 bridgehead atoms. The highest BCUT2D eigenvalue weighted by molar-refractivity contribution is 5.73. The first-order valence-corrected chi connectivity index (χ1v) is 6.80. The Labute approximate surface area is 118 Å². The Kier molecular flexibility index (Phi) is 5.55. The molecule has 5 nitrogen and oxygen atoms in total. The predicted molar refractivity (Wildman–Crippen MR) is 73.2 cm³/mol. The zero-order valence-corrected chi connectivity index (χ0v) is 11.3. The molecule has 20 heavy (non-hydrogen) atoms. The molecule has 1 fully saturated rings. The summed E-state index contributed by atoms with van der Waals surface area (Å²) in [5.41, 5.74) is 0.913. The normalized spacial score (nSPS) is 17.2. The van der Waals surface area contributed by atoms with Crippen molar-refractivity contribution in [3.8, 4) is 0 Å². The Morgan fingerprint density at radius 2 is 2.05 bits per heavy atom. The van der Waals surface area contributed by atoms with Crippen molar-refractivity contribution in [2.45, 2.75) is 25.5 Å². The van der Waals surface area contributed by atoms with Gasteiger partial charge in [-0.1, -0.05) is 30.3 Å². The predicted octanol–water partition coefficient (Wildman–Crippen LogP) is 1.91. The molecule has 1 aromatic rings. The van der Waals surface area contributed by atoms with Gasteiger partial charge in [-0.2, -0.15) is 0 Å². The molecule has 1 amide bonds. The summed E-state index contributed by atoms with van der Waals surface area (Å²) in [4.78, 5) is 22.8. The minimum atomic E-state index is -0.558. The molecule has 5 heteroatoms. The molecule has 0 unspecified atom stereocenters. The molecule has 0 aliphatic carbocycles. The van der Waals surface area contributed by atoms with Gasteiger partial charge < -0.3 is 19.6 Å². The average Bonchev–Trinajstić information content (AvgIpc) is 2.52. The van der Waals surface area contributed by atoms with E-state index in [-0.39, 0.29) is 12.5 Å². The van der Waals surface area contributed by atoms with Gasteiger partial charge in [-0.3, -0.25) is 0 Å². The number of aldehydes is 1. The van der Waals surface area contributed by atoms with E-state index < -0.39 is 12.1 Å². The van der Waals surface area contributed by atoms with Gasteiger partial charge in [-0.05, 0) is 24.3 Å². The highest BCUT2D eigenvalue weighted by atomic mass is 16.5. The van der Waals surface area contributed by atoms with Crippen molar-refractivity contribution < 1.29 is 19.1 Å². The van der Waals surface area contributed by atoms with Gasteiger partial charge in [0.2, 0.25) is 0 Å². The largest absolute Gasteiger partial charge is 0.445 e. The Balaban J connectivity index is 1.78. The Bertz CT molecular complexity index is 429. The van der Waals surface area contributed by atoms with Crippen molar-refractivity contribution in [2.75, 3.05) is 13.2 Å². The third kappa shape index (κ3) is 4.35. The van der Waals surface area contributed by atoms with Crippen LogP contribution in [0.15, 0.2) is 30.3 Å². The number of ether oxygens (including phenoxy) is 2. The maximum atomic E-state index is 11.7. The van der Waals surface area contributed by atoms with E-state index in [1.54, 1.807) is 0 Å². The van der Waals surface area contributed by atoms with E-state index in [2.05, 4.69) is 5.32 Å². The lowest BCUT2D eigenvalue weighted by atomic mass is 9.93. The number of hydrogen-bond donors (Lipinski definition) is 1. The van der Waals surface area contributed by atoms with Crippen LogP contribution in [0.5, 0.6) is 0 Å². The van der Waals surface area contributed by atoms with E-state index in [0.717, 1.165) is 24.7 Å². The topological polar surface area (TPSA) is 64.6 Å². The van der Waals surface area contributed by atoms with E-state index in [1.807, 2.05) is 30.3 Å². The van der Waals surface area contributed by atoms with Crippen molar-refractivity contribution in [2.24, 2.45) is 5.92 Å². The lowest BCUT2D eigenvalue weighted by Crippen LogP contribution is -2.43. The first-order chi connectivity index (χ1) is 9.79. The average molecular weight is 277 g/mol. The summed E-state index contributed by atoms with van der Waals surface area (Å²) in [6.07, 6.45) is 1.78. The van der Waals surface area contributed by atoms with E-state index in [4.69, 9.17) is 9.47 Å². The maximum Gasteiger partial charge on any atom is 0.408 e. The Morgan fingerprint density at radius 3 is 2.70 bits per heavy atom. The molecule has 1 saturated heterocycles. The van der Waals surface area contributed by atoms with Crippen LogP contribution in [-0.4, -0.2) is 31.6 Å². The van der Waals surface area contributed by atoms with Gasteiger partial charge >= 0.3 is 6.09 Å². The van der Waals surface area contributed by atoms with Crippen LogP contribution in [-0.2, 0) is 20.9 Å². The molecule has 2 rings (SSSR count). The fourth-order valence-corrected chi connectivity index (χ4v) is 2.24. The molecule has 1 aromatic carbocycles. The van der Waals surface area contributed by atoms with Gasteiger partial charge in [-0.15, -0.1) is 0 Å². The van der Waals surface area contributed by atoms with Gasteiger partial charge in [0, 0.05) is 13.2 Å². The molecule has 0 aromatic heterocycles. The lowest BCUT2D eigenvalue weighted by Gasteiger charge is -2.27. The molecule has 1 aliphatic heterocycles. The van der Waals surface area contributed by atoms with Crippen LogP contribution in [0.4, 0.5) is 4.79 Å². The van der Waals surface area contributed by atoms with Crippen LogP contribution in [0.2, 0.25) is 0 Å². The third-order valence-electron chi connectivity index (χ3n) is 3.42. The second-order valence-electron chi connectivity index (χ2n) is 4.82. The minimum Gasteiger partial charge on any atom is -0.445 e. The summed E-state index contributed by atoms with van der Waals surface area (Å²) in [7, 11) is 0.